The first-order valence-corrected chi connectivity index (χ1v) is 7.82. The summed E-state index contributed by atoms with van der Waals surface area (Å²) in [5.74, 6) is 1.55. The Morgan fingerprint density at radius 1 is 1.04 bits per heavy atom. The van der Waals surface area contributed by atoms with E-state index in [4.69, 9.17) is 14.7 Å². The number of aromatic amines is 1. The van der Waals surface area contributed by atoms with Gasteiger partial charge in [0.1, 0.15) is 0 Å². The van der Waals surface area contributed by atoms with Crippen molar-refractivity contribution in [3.8, 4) is 34.6 Å². The molecular weight excluding hydrogens is 316 g/mol. The molecule has 0 amide bonds. The molecule has 0 atom stereocenters. The van der Waals surface area contributed by atoms with Crippen molar-refractivity contribution in [2.75, 3.05) is 6.79 Å². The Morgan fingerprint density at radius 3 is 2.68 bits per heavy atom. The second kappa shape index (κ2) is 4.92. The van der Waals surface area contributed by atoms with Crippen molar-refractivity contribution in [3.05, 3.63) is 54.2 Å². The van der Waals surface area contributed by atoms with Gasteiger partial charge in [0.05, 0.1) is 11.6 Å². The van der Waals surface area contributed by atoms with Crippen LogP contribution in [-0.2, 0) is 0 Å². The second-order valence-electron chi connectivity index (χ2n) is 5.94. The molecule has 3 aromatic carbocycles. The lowest BCUT2D eigenvalue weighted by Crippen LogP contribution is -1.93. The smallest absolute Gasteiger partial charge is 0.231 e. The van der Waals surface area contributed by atoms with E-state index in [0.29, 0.717) is 17.1 Å². The number of aromatic nitrogens is 1. The average molecular weight is 328 g/mol. The minimum Gasteiger partial charge on any atom is -0.494 e. The van der Waals surface area contributed by atoms with Gasteiger partial charge in [-0.05, 0) is 35.2 Å². The molecule has 0 unspecified atom stereocenters. The van der Waals surface area contributed by atoms with Crippen molar-refractivity contribution in [2.45, 2.75) is 0 Å². The molecule has 1 aliphatic rings. The second-order valence-corrected chi connectivity index (χ2v) is 5.94. The minimum absolute atomic E-state index is 0.129. The van der Waals surface area contributed by atoms with Gasteiger partial charge in [-0.3, -0.25) is 0 Å². The van der Waals surface area contributed by atoms with Crippen LogP contribution in [0.1, 0.15) is 5.56 Å². The van der Waals surface area contributed by atoms with Gasteiger partial charge in [-0.1, -0.05) is 18.2 Å². The van der Waals surface area contributed by atoms with Crippen LogP contribution in [0.5, 0.6) is 17.4 Å². The van der Waals surface area contributed by atoms with Crippen LogP contribution in [-0.4, -0.2) is 16.9 Å². The summed E-state index contributed by atoms with van der Waals surface area (Å²) in [4.78, 5) is 2.88. The maximum atomic E-state index is 10.2. The Kier molecular flexibility index (Phi) is 2.71. The van der Waals surface area contributed by atoms with Crippen molar-refractivity contribution in [3.63, 3.8) is 0 Å². The maximum absolute atomic E-state index is 10.2. The molecule has 5 rings (SSSR count). The molecule has 5 nitrogen and oxygen atoms in total. The number of benzene rings is 3. The lowest BCUT2D eigenvalue weighted by atomic mass is 9.92. The van der Waals surface area contributed by atoms with Crippen LogP contribution in [0, 0.1) is 11.3 Å². The van der Waals surface area contributed by atoms with Gasteiger partial charge in [-0.2, -0.15) is 5.26 Å². The Labute approximate surface area is 142 Å². The van der Waals surface area contributed by atoms with E-state index in [9.17, 15) is 5.11 Å². The van der Waals surface area contributed by atoms with Crippen LogP contribution < -0.4 is 9.47 Å². The zero-order valence-electron chi connectivity index (χ0n) is 13.0. The lowest BCUT2D eigenvalue weighted by Gasteiger charge is -2.12. The van der Waals surface area contributed by atoms with Crippen molar-refractivity contribution in [2.24, 2.45) is 0 Å². The number of ether oxygens (including phenoxy) is 2. The van der Waals surface area contributed by atoms with Crippen LogP contribution in [0.2, 0.25) is 0 Å². The topological polar surface area (TPSA) is 78.3 Å². The zero-order valence-corrected chi connectivity index (χ0v) is 13.0. The fourth-order valence-corrected chi connectivity index (χ4v) is 3.44. The number of nitriles is 1. The van der Waals surface area contributed by atoms with Gasteiger partial charge in [-0.25, -0.2) is 0 Å². The van der Waals surface area contributed by atoms with Gasteiger partial charge in [0.25, 0.3) is 0 Å². The molecule has 0 radical (unpaired) electrons. The van der Waals surface area contributed by atoms with E-state index >= 15 is 0 Å². The molecular formula is C20H12N2O3. The molecule has 5 heteroatoms. The third-order valence-electron chi connectivity index (χ3n) is 4.59. The highest BCUT2D eigenvalue weighted by Gasteiger charge is 2.22. The Balaban J connectivity index is 1.95. The van der Waals surface area contributed by atoms with E-state index in [1.807, 2.05) is 30.3 Å². The summed E-state index contributed by atoms with van der Waals surface area (Å²) in [6, 6.07) is 15.3. The van der Waals surface area contributed by atoms with Crippen molar-refractivity contribution in [1.82, 2.24) is 4.98 Å². The van der Waals surface area contributed by atoms with Gasteiger partial charge >= 0.3 is 0 Å². The SMILES string of the molecule is N#Cc1ccc(-c2c3c[nH]c(O)c3cc3ccc4c(c23)OCO4)cc1. The molecule has 0 saturated carbocycles. The summed E-state index contributed by atoms with van der Waals surface area (Å²) < 4.78 is 11.3. The first-order chi connectivity index (χ1) is 12.3. The molecule has 0 bridgehead atoms. The van der Waals surface area contributed by atoms with E-state index < -0.39 is 0 Å². The van der Waals surface area contributed by atoms with Crippen LogP contribution in [0.15, 0.2) is 48.7 Å². The molecule has 0 spiro atoms. The predicted molar refractivity (Wildman–Crippen MR) is 93.7 cm³/mol. The number of hydrogen-bond donors (Lipinski definition) is 2. The average Bonchev–Trinajstić information content (AvgIpc) is 3.27. The van der Waals surface area contributed by atoms with Crippen molar-refractivity contribution < 1.29 is 14.6 Å². The quantitative estimate of drug-likeness (QED) is 0.546. The van der Waals surface area contributed by atoms with Crippen LogP contribution in [0.3, 0.4) is 0 Å². The zero-order chi connectivity index (χ0) is 17.0. The molecule has 2 N–H and O–H groups in total. The number of nitrogens with one attached hydrogen (secondary N) is 1. The molecule has 1 aliphatic heterocycles. The maximum Gasteiger partial charge on any atom is 0.231 e. The van der Waals surface area contributed by atoms with Gasteiger partial charge in [0.2, 0.25) is 6.79 Å². The summed E-state index contributed by atoms with van der Waals surface area (Å²) in [5.41, 5.74) is 2.48. The Morgan fingerprint density at radius 2 is 1.88 bits per heavy atom. The third-order valence-corrected chi connectivity index (χ3v) is 4.59. The molecule has 0 saturated heterocycles. The molecule has 0 aliphatic carbocycles. The van der Waals surface area contributed by atoms with Crippen LogP contribution in [0.4, 0.5) is 0 Å². The lowest BCUT2D eigenvalue weighted by molar-refractivity contribution is 0.175. The highest BCUT2D eigenvalue weighted by Crippen LogP contribution is 2.47. The monoisotopic (exact) mass is 328 g/mol. The van der Waals surface area contributed by atoms with Gasteiger partial charge in [0, 0.05) is 27.9 Å². The molecule has 2 heterocycles. The number of hydrogen-bond acceptors (Lipinski definition) is 4. The third kappa shape index (κ3) is 1.88. The fraction of sp³-hybridized carbons (Fsp3) is 0.0500. The summed E-state index contributed by atoms with van der Waals surface area (Å²) in [5, 5.41) is 22.7. The van der Waals surface area contributed by atoms with E-state index in [2.05, 4.69) is 11.1 Å². The van der Waals surface area contributed by atoms with Gasteiger partial charge < -0.3 is 19.6 Å². The molecule has 25 heavy (non-hydrogen) atoms. The standard InChI is InChI=1S/C20H12N2O3/c21-8-11-1-3-12(4-2-11)17-15-9-22-20(23)14(15)7-13-5-6-16-19(18(13)17)25-10-24-16/h1-7,9,22-23H,10H2. The predicted octanol–water partition coefficient (Wildman–Crippen LogP) is 4.29. The number of nitrogens with zero attached hydrogens (tertiary/aromatic N) is 1. The molecule has 1 aromatic heterocycles. The summed E-state index contributed by atoms with van der Waals surface area (Å²) in [7, 11) is 0. The summed E-state index contributed by atoms with van der Waals surface area (Å²) >= 11 is 0. The first kappa shape index (κ1) is 13.8. The van der Waals surface area contributed by atoms with E-state index in [1.165, 1.54) is 0 Å². The molecule has 4 aromatic rings. The number of aromatic hydroxyl groups is 1. The normalized spacial score (nSPS) is 12.6. The Bertz CT molecular complexity index is 1180. The van der Waals surface area contributed by atoms with Crippen LogP contribution in [0.25, 0.3) is 32.7 Å². The number of H-pyrrole nitrogens is 1. The van der Waals surface area contributed by atoms with Crippen molar-refractivity contribution >= 4 is 21.5 Å². The van der Waals surface area contributed by atoms with E-state index in [1.54, 1.807) is 18.3 Å². The number of rotatable bonds is 1. The molecule has 120 valence electrons. The molecule has 0 fully saturated rings. The Hall–Kier alpha value is -3.65. The van der Waals surface area contributed by atoms with Crippen molar-refractivity contribution in [1.29, 1.82) is 5.26 Å². The minimum atomic E-state index is 0.129. The highest BCUT2D eigenvalue weighted by atomic mass is 16.7. The summed E-state index contributed by atoms with van der Waals surface area (Å²) in [6.45, 7) is 0.192. The highest BCUT2D eigenvalue weighted by molar-refractivity contribution is 6.16. The largest absolute Gasteiger partial charge is 0.494 e. The van der Waals surface area contributed by atoms with E-state index in [-0.39, 0.29) is 12.7 Å². The van der Waals surface area contributed by atoms with Crippen LogP contribution >= 0.6 is 0 Å². The first-order valence-electron chi connectivity index (χ1n) is 7.82. The van der Waals surface area contributed by atoms with E-state index in [0.717, 1.165) is 32.7 Å². The summed E-state index contributed by atoms with van der Waals surface area (Å²) in [6.07, 6.45) is 1.78. The fourth-order valence-electron chi connectivity index (χ4n) is 3.44. The number of fused-ring (bicyclic) bond motifs is 4. The van der Waals surface area contributed by atoms with Gasteiger partial charge in [0.15, 0.2) is 17.4 Å². The van der Waals surface area contributed by atoms with Gasteiger partial charge in [-0.15, -0.1) is 0 Å².